The van der Waals surface area contributed by atoms with Crippen molar-refractivity contribution in [2.45, 2.75) is 52.0 Å². The van der Waals surface area contributed by atoms with Crippen LogP contribution in [0.2, 0.25) is 0 Å². The minimum Gasteiger partial charge on any atom is -0.465 e. The Balaban J connectivity index is 3.38. The molecule has 1 unspecified atom stereocenters. The van der Waals surface area contributed by atoms with Crippen LogP contribution in [0.3, 0.4) is 0 Å². The van der Waals surface area contributed by atoms with Crippen LogP contribution in [0, 0.1) is 0 Å². The summed E-state index contributed by atoms with van der Waals surface area (Å²) in [5.41, 5.74) is 6.25. The molecule has 5 heteroatoms. The first-order valence-electron chi connectivity index (χ1n) is 6.02. The Bertz CT molecular complexity index is 444. The van der Waals surface area contributed by atoms with Crippen molar-refractivity contribution in [2.75, 3.05) is 7.11 Å². The van der Waals surface area contributed by atoms with Crippen molar-refractivity contribution in [1.82, 2.24) is 4.98 Å². The van der Waals surface area contributed by atoms with Gasteiger partial charge in [0.2, 0.25) is 0 Å². The highest BCUT2D eigenvalue weighted by atomic mass is 32.1. The Morgan fingerprint density at radius 1 is 1.39 bits per heavy atom. The average molecular weight is 270 g/mol. The summed E-state index contributed by atoms with van der Waals surface area (Å²) >= 11 is 1.34. The van der Waals surface area contributed by atoms with Crippen LogP contribution in [0.15, 0.2) is 0 Å². The fraction of sp³-hybridized carbons (Fsp3) is 0.692. The number of aromatic nitrogens is 1. The first-order valence-corrected chi connectivity index (χ1v) is 6.84. The number of nitrogens with zero attached hydrogens (tertiary/aromatic N) is 1. The highest BCUT2D eigenvalue weighted by Gasteiger charge is 2.32. The molecule has 0 aliphatic rings. The van der Waals surface area contributed by atoms with Gasteiger partial charge in [-0.15, -0.1) is 11.3 Å². The SMILES string of the molecule is CCC(C)(N)c1nc(C(C)(C)C)c(C(=O)OC)s1. The van der Waals surface area contributed by atoms with Gasteiger partial charge >= 0.3 is 5.97 Å². The summed E-state index contributed by atoms with van der Waals surface area (Å²) in [5, 5.41) is 0.787. The number of rotatable bonds is 3. The summed E-state index contributed by atoms with van der Waals surface area (Å²) in [6.07, 6.45) is 0.769. The van der Waals surface area contributed by atoms with Crippen molar-refractivity contribution >= 4 is 17.3 Å². The largest absolute Gasteiger partial charge is 0.465 e. The Morgan fingerprint density at radius 3 is 2.33 bits per heavy atom. The maximum Gasteiger partial charge on any atom is 0.350 e. The Morgan fingerprint density at radius 2 is 1.94 bits per heavy atom. The number of methoxy groups -OCH3 is 1. The van der Waals surface area contributed by atoms with E-state index < -0.39 is 5.54 Å². The molecule has 0 aliphatic carbocycles. The van der Waals surface area contributed by atoms with Crippen LogP contribution < -0.4 is 5.73 Å². The fourth-order valence-electron chi connectivity index (χ4n) is 1.45. The molecule has 4 nitrogen and oxygen atoms in total. The van der Waals surface area contributed by atoms with E-state index in [0.717, 1.165) is 17.1 Å². The average Bonchev–Trinajstić information content (AvgIpc) is 2.73. The van der Waals surface area contributed by atoms with Crippen LogP contribution in [0.1, 0.15) is 61.4 Å². The van der Waals surface area contributed by atoms with Gasteiger partial charge in [0.1, 0.15) is 9.88 Å². The molecule has 1 atom stereocenters. The van der Waals surface area contributed by atoms with Gasteiger partial charge < -0.3 is 10.5 Å². The summed E-state index contributed by atoms with van der Waals surface area (Å²) in [7, 11) is 1.38. The smallest absolute Gasteiger partial charge is 0.350 e. The van der Waals surface area contributed by atoms with E-state index in [4.69, 9.17) is 10.5 Å². The van der Waals surface area contributed by atoms with Crippen LogP contribution in [-0.4, -0.2) is 18.1 Å². The van der Waals surface area contributed by atoms with Crippen LogP contribution >= 0.6 is 11.3 Å². The van der Waals surface area contributed by atoms with Crippen LogP contribution in [0.4, 0.5) is 0 Å². The van der Waals surface area contributed by atoms with E-state index in [1.807, 2.05) is 34.6 Å². The number of carbonyl (C=O) groups excluding carboxylic acids is 1. The van der Waals surface area contributed by atoms with E-state index in [2.05, 4.69) is 4.98 Å². The molecular formula is C13H22N2O2S. The highest BCUT2D eigenvalue weighted by Crippen LogP contribution is 2.34. The van der Waals surface area contributed by atoms with E-state index in [1.165, 1.54) is 18.4 Å². The molecule has 0 aromatic carbocycles. The maximum atomic E-state index is 11.8. The number of ether oxygens (including phenoxy) is 1. The Kier molecular flexibility index (Phi) is 4.18. The van der Waals surface area contributed by atoms with Crippen LogP contribution in [0.5, 0.6) is 0 Å². The molecule has 0 aliphatic heterocycles. The van der Waals surface area contributed by atoms with Crippen molar-refractivity contribution in [3.8, 4) is 0 Å². The fourth-order valence-corrected chi connectivity index (χ4v) is 2.78. The first kappa shape index (κ1) is 15.1. The molecule has 18 heavy (non-hydrogen) atoms. The molecule has 102 valence electrons. The predicted molar refractivity (Wildman–Crippen MR) is 74.0 cm³/mol. The summed E-state index contributed by atoms with van der Waals surface area (Å²) in [6.45, 7) is 10.0. The third-order valence-corrected chi connectivity index (χ3v) is 4.25. The summed E-state index contributed by atoms with van der Waals surface area (Å²) < 4.78 is 4.82. The molecule has 1 heterocycles. The van der Waals surface area contributed by atoms with Crippen molar-refractivity contribution in [2.24, 2.45) is 5.73 Å². The number of hydrogen-bond donors (Lipinski definition) is 1. The summed E-state index contributed by atoms with van der Waals surface area (Å²) in [4.78, 5) is 17.0. The van der Waals surface area contributed by atoms with Gasteiger partial charge in [-0.25, -0.2) is 9.78 Å². The van der Waals surface area contributed by atoms with E-state index >= 15 is 0 Å². The second-order valence-corrected chi connectivity index (χ2v) is 6.71. The predicted octanol–water partition coefficient (Wildman–Crippen LogP) is 2.81. The molecule has 1 aromatic heterocycles. The van der Waals surface area contributed by atoms with Gasteiger partial charge in [0.25, 0.3) is 0 Å². The van der Waals surface area contributed by atoms with Gasteiger partial charge in [0, 0.05) is 5.41 Å². The lowest BCUT2D eigenvalue weighted by Gasteiger charge is -2.20. The van der Waals surface area contributed by atoms with Gasteiger partial charge in [-0.3, -0.25) is 0 Å². The number of hydrogen-bond acceptors (Lipinski definition) is 5. The number of carbonyl (C=O) groups is 1. The lowest BCUT2D eigenvalue weighted by atomic mass is 9.91. The van der Waals surface area contributed by atoms with E-state index in [0.29, 0.717) is 4.88 Å². The molecule has 0 saturated heterocycles. The number of esters is 1. The first-order chi connectivity index (χ1) is 8.13. The molecule has 1 aromatic rings. The zero-order valence-corrected chi connectivity index (χ0v) is 12.8. The van der Waals surface area contributed by atoms with E-state index in [-0.39, 0.29) is 11.4 Å². The molecule has 0 saturated carbocycles. The van der Waals surface area contributed by atoms with Gasteiger partial charge in [0.15, 0.2) is 0 Å². The van der Waals surface area contributed by atoms with Gasteiger partial charge in [-0.05, 0) is 13.3 Å². The monoisotopic (exact) mass is 270 g/mol. The molecule has 0 radical (unpaired) electrons. The van der Waals surface area contributed by atoms with E-state index in [9.17, 15) is 4.79 Å². The molecule has 0 fully saturated rings. The minimum absolute atomic E-state index is 0.206. The van der Waals surface area contributed by atoms with Gasteiger partial charge in [-0.2, -0.15) is 0 Å². The van der Waals surface area contributed by atoms with Crippen LogP contribution in [-0.2, 0) is 15.7 Å². The zero-order valence-electron chi connectivity index (χ0n) is 12.0. The normalized spacial score (nSPS) is 15.3. The van der Waals surface area contributed by atoms with Gasteiger partial charge in [-0.1, -0.05) is 27.7 Å². The topological polar surface area (TPSA) is 65.2 Å². The maximum absolute atomic E-state index is 11.8. The third-order valence-electron chi connectivity index (χ3n) is 2.93. The molecular weight excluding hydrogens is 248 g/mol. The summed E-state index contributed by atoms with van der Waals surface area (Å²) in [6, 6.07) is 0. The van der Waals surface area contributed by atoms with Crippen LogP contribution in [0.25, 0.3) is 0 Å². The highest BCUT2D eigenvalue weighted by molar-refractivity contribution is 7.13. The third kappa shape index (κ3) is 2.90. The quantitative estimate of drug-likeness (QED) is 0.858. The van der Waals surface area contributed by atoms with Crippen molar-refractivity contribution in [3.63, 3.8) is 0 Å². The van der Waals surface area contributed by atoms with E-state index in [1.54, 1.807) is 0 Å². The molecule has 1 rings (SSSR count). The Labute approximate surface area is 113 Å². The lowest BCUT2D eigenvalue weighted by molar-refractivity contribution is 0.0603. The lowest BCUT2D eigenvalue weighted by Crippen LogP contribution is -2.32. The van der Waals surface area contributed by atoms with Gasteiger partial charge in [0.05, 0.1) is 18.3 Å². The Hall–Kier alpha value is -0.940. The van der Waals surface area contributed by atoms with Crippen molar-refractivity contribution < 1.29 is 9.53 Å². The molecule has 0 amide bonds. The number of thiazole rings is 1. The second kappa shape index (κ2) is 4.97. The minimum atomic E-state index is -0.503. The summed E-state index contributed by atoms with van der Waals surface area (Å²) in [5.74, 6) is -0.337. The molecule has 0 bridgehead atoms. The number of nitrogens with two attached hydrogens (primary N) is 1. The standard InChI is InChI=1S/C13H22N2O2S/c1-7-13(5,14)11-15-9(12(2,3)4)8(18-11)10(16)17-6/h7,14H2,1-6H3. The van der Waals surface area contributed by atoms with Crippen molar-refractivity contribution in [3.05, 3.63) is 15.6 Å². The second-order valence-electron chi connectivity index (χ2n) is 5.71. The van der Waals surface area contributed by atoms with Crippen molar-refractivity contribution in [1.29, 1.82) is 0 Å². The zero-order chi connectivity index (χ0) is 14.1. The molecule has 2 N–H and O–H groups in total. The molecule has 0 spiro atoms.